The van der Waals surface area contributed by atoms with E-state index < -0.39 is 0 Å². The molecular weight excluding hydrogens is 392 g/mol. The number of thiazole rings is 1. The summed E-state index contributed by atoms with van der Waals surface area (Å²) in [6, 6.07) is 15.8. The van der Waals surface area contributed by atoms with E-state index in [1.54, 1.807) is 18.4 Å². The van der Waals surface area contributed by atoms with Crippen molar-refractivity contribution in [2.75, 3.05) is 12.4 Å². The summed E-state index contributed by atoms with van der Waals surface area (Å²) in [5.74, 6) is 1.80. The van der Waals surface area contributed by atoms with Gasteiger partial charge in [-0.2, -0.15) is 0 Å². The molecule has 0 bridgehead atoms. The minimum absolute atomic E-state index is 0.444. The Morgan fingerprint density at radius 2 is 1.93 bits per heavy atom. The van der Waals surface area contributed by atoms with E-state index in [4.69, 9.17) is 9.15 Å². The van der Waals surface area contributed by atoms with Gasteiger partial charge >= 0.3 is 0 Å². The van der Waals surface area contributed by atoms with E-state index in [2.05, 4.69) is 39.6 Å². The lowest BCUT2D eigenvalue weighted by Gasteiger charge is -2.03. The Bertz CT molecular complexity index is 1060. The van der Waals surface area contributed by atoms with Crippen molar-refractivity contribution in [2.24, 2.45) is 0 Å². The van der Waals surface area contributed by atoms with Gasteiger partial charge in [0, 0.05) is 16.8 Å². The van der Waals surface area contributed by atoms with Crippen LogP contribution in [0.15, 0.2) is 63.6 Å². The molecule has 0 aliphatic carbocycles. The van der Waals surface area contributed by atoms with E-state index in [0.717, 1.165) is 22.1 Å². The number of hydrogen-bond acceptors (Lipinski definition) is 8. The zero-order chi connectivity index (χ0) is 19.3. The van der Waals surface area contributed by atoms with Gasteiger partial charge < -0.3 is 14.5 Å². The molecule has 2 aromatic heterocycles. The zero-order valence-corrected chi connectivity index (χ0v) is 17.0. The smallest absolute Gasteiger partial charge is 0.277 e. The SMILES string of the molecule is COc1ccccc1-c1nnc(SCc2csc(Nc3ccc(C)cc3)n2)o1. The summed E-state index contributed by atoms with van der Waals surface area (Å²) in [5, 5.41) is 15.0. The predicted molar refractivity (Wildman–Crippen MR) is 112 cm³/mol. The summed E-state index contributed by atoms with van der Waals surface area (Å²) >= 11 is 3.03. The Kier molecular flexibility index (Phi) is 5.59. The number of aromatic nitrogens is 3. The molecule has 2 aromatic carbocycles. The molecule has 8 heteroatoms. The van der Waals surface area contributed by atoms with Crippen molar-refractivity contribution >= 4 is 33.9 Å². The number of anilines is 2. The first-order valence-corrected chi connectivity index (χ1v) is 10.5. The van der Waals surface area contributed by atoms with Gasteiger partial charge in [-0.1, -0.05) is 41.6 Å². The third-order valence-corrected chi connectivity index (χ3v) is 5.60. The van der Waals surface area contributed by atoms with Crippen LogP contribution in [0.3, 0.4) is 0 Å². The predicted octanol–water partition coefficient (Wildman–Crippen LogP) is 5.55. The summed E-state index contributed by atoms with van der Waals surface area (Å²) in [7, 11) is 1.62. The number of benzene rings is 2. The Labute approximate surface area is 171 Å². The van der Waals surface area contributed by atoms with Gasteiger partial charge in [0.15, 0.2) is 5.13 Å². The minimum Gasteiger partial charge on any atom is -0.496 e. The summed E-state index contributed by atoms with van der Waals surface area (Å²) in [4.78, 5) is 4.61. The van der Waals surface area contributed by atoms with Crippen molar-refractivity contribution in [2.45, 2.75) is 17.9 Å². The molecule has 0 aliphatic heterocycles. The third-order valence-electron chi connectivity index (χ3n) is 3.94. The number of hydrogen-bond donors (Lipinski definition) is 1. The highest BCUT2D eigenvalue weighted by Crippen LogP contribution is 2.31. The maximum absolute atomic E-state index is 5.77. The molecule has 0 spiro atoms. The molecule has 4 rings (SSSR count). The Hall–Kier alpha value is -2.84. The number of ether oxygens (including phenoxy) is 1. The van der Waals surface area contributed by atoms with Crippen molar-refractivity contribution in [3.63, 3.8) is 0 Å². The third kappa shape index (κ3) is 4.35. The number of nitrogens with one attached hydrogen (secondary N) is 1. The monoisotopic (exact) mass is 410 g/mol. The second-order valence-corrected chi connectivity index (χ2v) is 7.78. The van der Waals surface area contributed by atoms with E-state index >= 15 is 0 Å². The van der Waals surface area contributed by atoms with Crippen LogP contribution in [-0.4, -0.2) is 22.3 Å². The summed E-state index contributed by atoms with van der Waals surface area (Å²) < 4.78 is 11.1. The van der Waals surface area contributed by atoms with Gasteiger partial charge in [0.2, 0.25) is 0 Å². The van der Waals surface area contributed by atoms with E-state index in [9.17, 15) is 0 Å². The topological polar surface area (TPSA) is 73.1 Å². The van der Waals surface area contributed by atoms with Crippen LogP contribution in [-0.2, 0) is 5.75 Å². The van der Waals surface area contributed by atoms with Crippen LogP contribution in [0.25, 0.3) is 11.5 Å². The van der Waals surface area contributed by atoms with Gasteiger partial charge in [-0.3, -0.25) is 0 Å². The Morgan fingerprint density at radius 3 is 2.75 bits per heavy atom. The van der Waals surface area contributed by atoms with E-state index in [1.165, 1.54) is 17.3 Å². The zero-order valence-electron chi connectivity index (χ0n) is 15.4. The summed E-state index contributed by atoms with van der Waals surface area (Å²) in [6.45, 7) is 2.07. The highest BCUT2D eigenvalue weighted by molar-refractivity contribution is 7.98. The molecule has 4 aromatic rings. The van der Waals surface area contributed by atoms with Gasteiger partial charge in [0.05, 0.1) is 18.4 Å². The molecule has 1 N–H and O–H groups in total. The minimum atomic E-state index is 0.444. The van der Waals surface area contributed by atoms with Crippen molar-refractivity contribution in [1.29, 1.82) is 0 Å². The Morgan fingerprint density at radius 1 is 1.11 bits per heavy atom. The van der Waals surface area contributed by atoms with Gasteiger partial charge in [-0.15, -0.1) is 21.5 Å². The van der Waals surface area contributed by atoms with E-state index in [1.807, 2.05) is 41.8 Å². The largest absolute Gasteiger partial charge is 0.496 e. The highest BCUT2D eigenvalue weighted by atomic mass is 32.2. The number of para-hydroxylation sites is 1. The number of methoxy groups -OCH3 is 1. The fourth-order valence-corrected chi connectivity index (χ4v) is 4.02. The number of aryl methyl sites for hydroxylation is 1. The molecule has 28 heavy (non-hydrogen) atoms. The molecule has 0 fully saturated rings. The normalized spacial score (nSPS) is 10.8. The lowest BCUT2D eigenvalue weighted by molar-refractivity contribution is 0.411. The fraction of sp³-hybridized carbons (Fsp3) is 0.150. The second kappa shape index (κ2) is 8.45. The molecule has 0 amide bonds. The first kappa shape index (κ1) is 18.5. The van der Waals surface area contributed by atoms with Crippen molar-refractivity contribution in [1.82, 2.24) is 15.2 Å². The van der Waals surface area contributed by atoms with Crippen LogP contribution in [0.2, 0.25) is 0 Å². The first-order valence-electron chi connectivity index (χ1n) is 8.59. The molecule has 142 valence electrons. The van der Waals surface area contributed by atoms with Crippen LogP contribution < -0.4 is 10.1 Å². The van der Waals surface area contributed by atoms with Crippen molar-refractivity contribution in [3.8, 4) is 17.2 Å². The van der Waals surface area contributed by atoms with Crippen LogP contribution in [0.4, 0.5) is 10.8 Å². The average molecular weight is 411 g/mol. The fourth-order valence-electron chi connectivity index (χ4n) is 2.52. The molecule has 0 atom stereocenters. The van der Waals surface area contributed by atoms with Crippen LogP contribution in [0, 0.1) is 6.92 Å². The van der Waals surface area contributed by atoms with Gasteiger partial charge in [0.1, 0.15) is 5.75 Å². The van der Waals surface area contributed by atoms with Crippen LogP contribution in [0.5, 0.6) is 5.75 Å². The molecule has 0 aliphatic rings. The van der Waals surface area contributed by atoms with Gasteiger partial charge in [-0.25, -0.2) is 4.98 Å². The molecule has 6 nitrogen and oxygen atoms in total. The van der Waals surface area contributed by atoms with E-state index in [0.29, 0.717) is 22.6 Å². The van der Waals surface area contributed by atoms with Gasteiger partial charge in [-0.05, 0) is 31.2 Å². The highest BCUT2D eigenvalue weighted by Gasteiger charge is 2.14. The lowest BCUT2D eigenvalue weighted by Crippen LogP contribution is -1.90. The Balaban J connectivity index is 1.38. The number of nitrogens with zero attached hydrogens (tertiary/aromatic N) is 3. The quantitative estimate of drug-likeness (QED) is 0.401. The maximum Gasteiger partial charge on any atom is 0.277 e. The number of rotatable bonds is 7. The first-order chi connectivity index (χ1) is 13.7. The standard InChI is InChI=1S/C20H18N4O2S2/c1-13-7-9-14(10-8-13)21-19-22-15(11-27-19)12-28-20-24-23-18(26-20)16-5-3-4-6-17(16)25-2/h3-11H,12H2,1-2H3,(H,21,22). The average Bonchev–Trinajstić information content (AvgIpc) is 3.37. The second-order valence-electron chi connectivity index (χ2n) is 6.00. The van der Waals surface area contributed by atoms with E-state index in [-0.39, 0.29) is 0 Å². The molecule has 0 radical (unpaired) electrons. The maximum atomic E-state index is 5.77. The molecule has 0 saturated heterocycles. The van der Waals surface area contributed by atoms with Crippen molar-refractivity contribution in [3.05, 3.63) is 65.2 Å². The summed E-state index contributed by atoms with van der Waals surface area (Å²) in [5.41, 5.74) is 4.00. The van der Waals surface area contributed by atoms with Crippen molar-refractivity contribution < 1.29 is 9.15 Å². The molecule has 0 saturated carbocycles. The van der Waals surface area contributed by atoms with Crippen LogP contribution >= 0.6 is 23.1 Å². The number of thioether (sulfide) groups is 1. The van der Waals surface area contributed by atoms with Gasteiger partial charge in [0.25, 0.3) is 11.1 Å². The van der Waals surface area contributed by atoms with Crippen LogP contribution in [0.1, 0.15) is 11.3 Å². The summed E-state index contributed by atoms with van der Waals surface area (Å²) in [6.07, 6.45) is 0. The lowest BCUT2D eigenvalue weighted by atomic mass is 10.2. The molecule has 0 unspecified atom stereocenters. The molecular formula is C20H18N4O2S2. The molecule has 2 heterocycles.